The Bertz CT molecular complexity index is 856. The fraction of sp³-hybridized carbons (Fsp3) is 0.333. The number of anilines is 1. The quantitative estimate of drug-likeness (QED) is 0.854. The highest BCUT2D eigenvalue weighted by Gasteiger charge is 2.34. The molecule has 0 radical (unpaired) electrons. The fourth-order valence-electron chi connectivity index (χ4n) is 3.50. The lowest BCUT2D eigenvalue weighted by Gasteiger charge is -2.25. The third kappa shape index (κ3) is 4.03. The predicted molar refractivity (Wildman–Crippen MR) is 104 cm³/mol. The van der Waals surface area contributed by atoms with Gasteiger partial charge in [-0.1, -0.05) is 30.3 Å². The van der Waals surface area contributed by atoms with E-state index in [-0.39, 0.29) is 11.9 Å². The van der Waals surface area contributed by atoms with Gasteiger partial charge in [-0.2, -0.15) is 0 Å². The highest BCUT2D eigenvalue weighted by atomic mass is 16.6. The third-order valence-corrected chi connectivity index (χ3v) is 4.91. The topological polar surface area (TPSA) is 79.9 Å². The number of likely N-dealkylation sites (tertiary alicyclic amines) is 1. The number of urea groups is 1. The Morgan fingerprint density at radius 2 is 1.82 bits per heavy atom. The molecule has 4 rings (SSSR count). The zero-order valence-corrected chi connectivity index (χ0v) is 15.5. The first-order valence-electron chi connectivity index (χ1n) is 9.49. The van der Waals surface area contributed by atoms with Crippen LogP contribution in [0.3, 0.4) is 0 Å². The van der Waals surface area contributed by atoms with E-state index in [9.17, 15) is 9.59 Å². The molecule has 2 aliphatic rings. The lowest BCUT2D eigenvalue weighted by Crippen LogP contribution is -2.47. The molecule has 7 heteroatoms. The molecule has 0 unspecified atom stereocenters. The van der Waals surface area contributed by atoms with Gasteiger partial charge in [-0.3, -0.25) is 4.79 Å². The molecule has 3 amide bonds. The smallest absolute Gasteiger partial charge is 0.318 e. The molecule has 2 aromatic rings. The molecule has 1 fully saturated rings. The number of benzene rings is 2. The Hall–Kier alpha value is -3.22. The van der Waals surface area contributed by atoms with Crippen LogP contribution in [0.15, 0.2) is 48.5 Å². The molecular formula is C21H23N3O4. The van der Waals surface area contributed by atoms with Crippen LogP contribution >= 0.6 is 0 Å². The number of hydrogen-bond acceptors (Lipinski definition) is 4. The van der Waals surface area contributed by atoms with E-state index in [1.54, 1.807) is 23.1 Å². The summed E-state index contributed by atoms with van der Waals surface area (Å²) in [5.41, 5.74) is 1.65. The van der Waals surface area contributed by atoms with Crippen LogP contribution in [-0.2, 0) is 11.3 Å². The first kappa shape index (κ1) is 18.2. The number of nitrogens with one attached hydrogen (secondary N) is 2. The van der Waals surface area contributed by atoms with Crippen LogP contribution in [0.1, 0.15) is 18.4 Å². The third-order valence-electron chi connectivity index (χ3n) is 4.91. The van der Waals surface area contributed by atoms with Gasteiger partial charge in [0, 0.05) is 24.8 Å². The maximum absolute atomic E-state index is 12.8. The minimum absolute atomic E-state index is 0.191. The van der Waals surface area contributed by atoms with E-state index >= 15 is 0 Å². The number of rotatable bonds is 4. The van der Waals surface area contributed by atoms with Crippen molar-refractivity contribution >= 4 is 17.6 Å². The minimum atomic E-state index is -0.482. The number of fused-ring (bicyclic) bond motifs is 1. The first-order chi connectivity index (χ1) is 13.7. The zero-order chi connectivity index (χ0) is 19.3. The number of carbonyl (C=O) groups is 2. The van der Waals surface area contributed by atoms with Crippen molar-refractivity contribution in [3.8, 4) is 11.5 Å². The fourth-order valence-corrected chi connectivity index (χ4v) is 3.50. The normalized spacial score (nSPS) is 17.9. The number of hydrogen-bond donors (Lipinski definition) is 2. The Morgan fingerprint density at radius 3 is 2.64 bits per heavy atom. The van der Waals surface area contributed by atoms with Gasteiger partial charge < -0.3 is 25.0 Å². The number of nitrogens with zero attached hydrogens (tertiary/aromatic N) is 1. The van der Waals surface area contributed by atoms with Crippen molar-refractivity contribution in [2.24, 2.45) is 0 Å². The minimum Gasteiger partial charge on any atom is -0.486 e. The molecule has 0 aromatic heterocycles. The molecule has 1 saturated heterocycles. The molecule has 2 N–H and O–H groups in total. The van der Waals surface area contributed by atoms with E-state index in [1.807, 2.05) is 30.3 Å². The molecule has 0 aliphatic carbocycles. The van der Waals surface area contributed by atoms with Crippen LogP contribution in [0.5, 0.6) is 11.5 Å². The van der Waals surface area contributed by atoms with Crippen LogP contribution < -0.4 is 20.1 Å². The van der Waals surface area contributed by atoms with Crippen molar-refractivity contribution in [2.75, 3.05) is 25.1 Å². The molecule has 2 heterocycles. The second-order valence-corrected chi connectivity index (χ2v) is 6.84. The second kappa shape index (κ2) is 8.21. The summed E-state index contributed by atoms with van der Waals surface area (Å²) in [6, 6.07) is 14.3. The van der Waals surface area contributed by atoms with Crippen LogP contribution in [0.25, 0.3) is 0 Å². The Kier molecular flexibility index (Phi) is 5.32. The van der Waals surface area contributed by atoms with E-state index in [0.717, 1.165) is 12.0 Å². The van der Waals surface area contributed by atoms with Crippen molar-refractivity contribution in [2.45, 2.75) is 25.4 Å². The summed E-state index contributed by atoms with van der Waals surface area (Å²) in [5, 5.41) is 5.80. The number of carbonyl (C=O) groups excluding carboxylic acids is 2. The van der Waals surface area contributed by atoms with Gasteiger partial charge in [-0.05, 0) is 30.5 Å². The first-order valence-corrected chi connectivity index (χ1v) is 9.49. The van der Waals surface area contributed by atoms with Gasteiger partial charge in [0.1, 0.15) is 19.3 Å². The zero-order valence-electron chi connectivity index (χ0n) is 15.5. The summed E-state index contributed by atoms with van der Waals surface area (Å²) in [5.74, 6) is 1.10. The maximum atomic E-state index is 12.8. The molecule has 28 heavy (non-hydrogen) atoms. The lowest BCUT2D eigenvalue weighted by molar-refractivity contribution is -0.119. The summed E-state index contributed by atoms with van der Waals surface area (Å²) in [6.07, 6.45) is 1.45. The van der Waals surface area contributed by atoms with Crippen molar-refractivity contribution < 1.29 is 19.1 Å². The van der Waals surface area contributed by atoms with Gasteiger partial charge in [-0.25, -0.2) is 4.79 Å². The van der Waals surface area contributed by atoms with Crippen molar-refractivity contribution in [1.82, 2.24) is 10.2 Å². The largest absolute Gasteiger partial charge is 0.486 e. The van der Waals surface area contributed by atoms with Crippen LogP contribution in [0.4, 0.5) is 10.5 Å². The molecule has 2 aromatic carbocycles. The van der Waals surface area contributed by atoms with Gasteiger partial charge in [0.15, 0.2) is 11.5 Å². The summed E-state index contributed by atoms with van der Waals surface area (Å²) < 4.78 is 11.0. The number of ether oxygens (including phenoxy) is 2. The van der Waals surface area contributed by atoms with Crippen molar-refractivity contribution in [3.63, 3.8) is 0 Å². The van der Waals surface area contributed by atoms with Crippen molar-refractivity contribution in [3.05, 3.63) is 54.1 Å². The van der Waals surface area contributed by atoms with Crippen molar-refractivity contribution in [1.29, 1.82) is 0 Å². The summed E-state index contributed by atoms with van der Waals surface area (Å²) in [7, 11) is 0. The Morgan fingerprint density at radius 1 is 1.04 bits per heavy atom. The summed E-state index contributed by atoms with van der Waals surface area (Å²) >= 11 is 0. The molecule has 146 valence electrons. The summed E-state index contributed by atoms with van der Waals surface area (Å²) in [6.45, 7) is 2.02. The van der Waals surface area contributed by atoms with E-state index in [0.29, 0.717) is 49.9 Å². The van der Waals surface area contributed by atoms with E-state index in [1.165, 1.54) is 0 Å². The van der Waals surface area contributed by atoms with E-state index in [4.69, 9.17) is 9.47 Å². The van der Waals surface area contributed by atoms with E-state index < -0.39 is 6.04 Å². The van der Waals surface area contributed by atoms with Crippen LogP contribution in [0.2, 0.25) is 0 Å². The molecule has 7 nitrogen and oxygen atoms in total. The Balaban J connectivity index is 1.37. The highest BCUT2D eigenvalue weighted by molar-refractivity contribution is 5.97. The average molecular weight is 381 g/mol. The predicted octanol–water partition coefficient (Wildman–Crippen LogP) is 2.77. The molecule has 0 spiro atoms. The molecule has 1 atom stereocenters. The van der Waals surface area contributed by atoms with Gasteiger partial charge in [-0.15, -0.1) is 0 Å². The standard InChI is InChI=1S/C21H23N3O4/c25-20(23-16-8-9-18-19(13-16)28-12-11-27-18)17-7-4-10-24(17)21(26)22-14-15-5-2-1-3-6-15/h1-3,5-6,8-9,13,17H,4,7,10-12,14H2,(H,22,26)(H,23,25)/t17-/m1/s1. The van der Waals surface area contributed by atoms with E-state index in [2.05, 4.69) is 10.6 Å². The molecule has 2 aliphatic heterocycles. The van der Waals surface area contributed by atoms with Crippen LogP contribution in [-0.4, -0.2) is 42.6 Å². The number of amides is 3. The van der Waals surface area contributed by atoms with Gasteiger partial charge >= 0.3 is 6.03 Å². The SMILES string of the molecule is O=C(Nc1ccc2c(c1)OCCO2)[C@H]1CCCN1C(=O)NCc1ccccc1. The molecule has 0 bridgehead atoms. The maximum Gasteiger partial charge on any atom is 0.318 e. The second-order valence-electron chi connectivity index (χ2n) is 6.84. The monoisotopic (exact) mass is 381 g/mol. The Labute approximate surface area is 163 Å². The lowest BCUT2D eigenvalue weighted by atomic mass is 10.2. The molecular weight excluding hydrogens is 358 g/mol. The van der Waals surface area contributed by atoms with Gasteiger partial charge in [0.2, 0.25) is 5.91 Å². The highest BCUT2D eigenvalue weighted by Crippen LogP contribution is 2.33. The van der Waals surface area contributed by atoms with Gasteiger partial charge in [0.25, 0.3) is 0 Å². The van der Waals surface area contributed by atoms with Gasteiger partial charge in [0.05, 0.1) is 0 Å². The summed E-state index contributed by atoms with van der Waals surface area (Å²) in [4.78, 5) is 27.0. The van der Waals surface area contributed by atoms with Crippen LogP contribution in [0, 0.1) is 0 Å². The molecule has 0 saturated carbocycles. The average Bonchev–Trinajstić information content (AvgIpc) is 3.23.